The molecule has 0 aliphatic carbocycles. The molecule has 1 aliphatic heterocycles. The van der Waals surface area contributed by atoms with Gasteiger partial charge in [0, 0.05) is 19.8 Å². The van der Waals surface area contributed by atoms with Gasteiger partial charge in [0.1, 0.15) is 0 Å². The van der Waals surface area contributed by atoms with Crippen LogP contribution in [0.5, 0.6) is 0 Å². The molecule has 76 valence electrons. The van der Waals surface area contributed by atoms with Gasteiger partial charge in [-0.05, 0) is 31.8 Å². The Kier molecular flexibility index (Phi) is 4.83. The van der Waals surface area contributed by atoms with E-state index in [0.717, 1.165) is 12.5 Å². The molecule has 1 heterocycles. The van der Waals surface area contributed by atoms with Crippen LogP contribution in [0.3, 0.4) is 0 Å². The van der Waals surface area contributed by atoms with Crippen molar-refractivity contribution in [2.45, 2.75) is 26.2 Å². The lowest BCUT2D eigenvalue weighted by Gasteiger charge is -2.33. The van der Waals surface area contributed by atoms with Crippen LogP contribution in [0.1, 0.15) is 26.2 Å². The maximum absolute atomic E-state index is 3.64. The lowest BCUT2D eigenvalue weighted by Crippen LogP contribution is -2.40. The minimum Gasteiger partial charge on any atom is -0.311 e. The average molecular weight is 183 g/mol. The van der Waals surface area contributed by atoms with E-state index in [-0.39, 0.29) is 0 Å². The van der Waals surface area contributed by atoms with Gasteiger partial charge in [-0.15, -0.1) is 0 Å². The Bertz CT molecular complexity index is 143. The van der Waals surface area contributed by atoms with Crippen LogP contribution in [0.4, 0.5) is 0 Å². The number of nitrogens with one attached hydrogen (secondary N) is 1. The molecule has 1 N–H and O–H groups in total. The van der Waals surface area contributed by atoms with Crippen LogP contribution in [0.2, 0.25) is 0 Å². The SMILES string of the molecule is C=NNCCC(CC)CN1CCC1. The molecule has 1 atom stereocenters. The first-order chi connectivity index (χ1) is 6.36. The zero-order valence-corrected chi connectivity index (χ0v) is 8.63. The largest absolute Gasteiger partial charge is 0.311 e. The predicted molar refractivity (Wildman–Crippen MR) is 57.0 cm³/mol. The molecule has 1 unspecified atom stereocenters. The molecule has 1 aliphatic rings. The Balaban J connectivity index is 2.06. The van der Waals surface area contributed by atoms with E-state index >= 15 is 0 Å². The first kappa shape index (κ1) is 10.5. The molecule has 0 amide bonds. The predicted octanol–water partition coefficient (Wildman–Crippen LogP) is 1.31. The number of hydrazone groups is 1. The monoisotopic (exact) mass is 183 g/mol. The molecule has 13 heavy (non-hydrogen) atoms. The molecule has 0 aromatic carbocycles. The van der Waals surface area contributed by atoms with E-state index in [2.05, 4.69) is 29.1 Å². The number of nitrogens with zero attached hydrogens (tertiary/aromatic N) is 2. The van der Waals surface area contributed by atoms with Crippen LogP contribution in [0, 0.1) is 5.92 Å². The van der Waals surface area contributed by atoms with Gasteiger partial charge >= 0.3 is 0 Å². The molecule has 0 aromatic heterocycles. The fourth-order valence-electron chi connectivity index (χ4n) is 1.70. The number of hydrogen-bond donors (Lipinski definition) is 1. The molecule has 0 bridgehead atoms. The fourth-order valence-corrected chi connectivity index (χ4v) is 1.70. The van der Waals surface area contributed by atoms with Crippen molar-refractivity contribution in [2.24, 2.45) is 11.0 Å². The molecule has 0 radical (unpaired) electrons. The van der Waals surface area contributed by atoms with Crippen molar-refractivity contribution in [3.05, 3.63) is 0 Å². The first-order valence-electron chi connectivity index (χ1n) is 5.27. The average Bonchev–Trinajstić information content (AvgIpc) is 2.08. The van der Waals surface area contributed by atoms with Crippen molar-refractivity contribution in [3.63, 3.8) is 0 Å². The van der Waals surface area contributed by atoms with Gasteiger partial charge in [0.2, 0.25) is 0 Å². The van der Waals surface area contributed by atoms with Crippen molar-refractivity contribution in [1.82, 2.24) is 10.3 Å². The second-order valence-electron chi connectivity index (χ2n) is 3.78. The maximum Gasteiger partial charge on any atom is 0.0332 e. The highest BCUT2D eigenvalue weighted by Gasteiger charge is 2.17. The number of hydrogen-bond acceptors (Lipinski definition) is 3. The second-order valence-corrected chi connectivity index (χ2v) is 3.78. The standard InChI is InChI=1S/C10H21N3/c1-3-10(5-6-12-11-2)9-13-7-4-8-13/h10,12H,2-9H2,1H3. The van der Waals surface area contributed by atoms with Crippen molar-refractivity contribution in [1.29, 1.82) is 0 Å². The summed E-state index contributed by atoms with van der Waals surface area (Å²) < 4.78 is 0. The summed E-state index contributed by atoms with van der Waals surface area (Å²) in [7, 11) is 0. The Morgan fingerprint density at radius 3 is 2.77 bits per heavy atom. The van der Waals surface area contributed by atoms with E-state index in [9.17, 15) is 0 Å². The van der Waals surface area contributed by atoms with Crippen LogP contribution < -0.4 is 5.43 Å². The van der Waals surface area contributed by atoms with Gasteiger partial charge in [0.25, 0.3) is 0 Å². The molecule has 1 rings (SSSR count). The molecular weight excluding hydrogens is 162 g/mol. The highest BCUT2D eigenvalue weighted by Crippen LogP contribution is 2.14. The summed E-state index contributed by atoms with van der Waals surface area (Å²) in [5.74, 6) is 0.828. The van der Waals surface area contributed by atoms with Crippen molar-refractivity contribution in [3.8, 4) is 0 Å². The van der Waals surface area contributed by atoms with Crippen molar-refractivity contribution < 1.29 is 0 Å². The smallest absolute Gasteiger partial charge is 0.0332 e. The Labute approximate surface area is 81.2 Å². The molecule has 0 saturated carbocycles. The third-order valence-corrected chi connectivity index (χ3v) is 2.82. The molecule has 1 saturated heterocycles. The molecule has 0 aromatic rings. The van der Waals surface area contributed by atoms with Crippen molar-refractivity contribution >= 4 is 6.72 Å². The van der Waals surface area contributed by atoms with E-state index < -0.39 is 0 Å². The summed E-state index contributed by atoms with van der Waals surface area (Å²) in [6.45, 7) is 10.5. The Morgan fingerprint density at radius 2 is 2.31 bits per heavy atom. The van der Waals surface area contributed by atoms with Gasteiger partial charge in [-0.25, -0.2) is 0 Å². The van der Waals surface area contributed by atoms with Crippen LogP contribution in [0.15, 0.2) is 5.10 Å². The van der Waals surface area contributed by atoms with Gasteiger partial charge in [0.05, 0.1) is 0 Å². The molecular formula is C10H21N3. The van der Waals surface area contributed by atoms with E-state index in [4.69, 9.17) is 0 Å². The summed E-state index contributed by atoms with van der Waals surface area (Å²) in [6.07, 6.45) is 3.88. The van der Waals surface area contributed by atoms with Crippen LogP contribution in [-0.4, -0.2) is 37.8 Å². The van der Waals surface area contributed by atoms with E-state index in [1.165, 1.54) is 38.9 Å². The summed E-state index contributed by atoms with van der Waals surface area (Å²) in [6, 6.07) is 0. The molecule has 0 spiro atoms. The number of likely N-dealkylation sites (tertiary alicyclic amines) is 1. The van der Waals surface area contributed by atoms with Crippen molar-refractivity contribution in [2.75, 3.05) is 26.2 Å². The van der Waals surface area contributed by atoms with Crippen LogP contribution >= 0.6 is 0 Å². The Hall–Kier alpha value is -0.570. The van der Waals surface area contributed by atoms with Gasteiger partial charge in [-0.1, -0.05) is 13.3 Å². The highest BCUT2D eigenvalue weighted by atomic mass is 15.3. The van der Waals surface area contributed by atoms with Gasteiger partial charge in [-0.3, -0.25) is 0 Å². The van der Waals surface area contributed by atoms with E-state index in [1.54, 1.807) is 0 Å². The van der Waals surface area contributed by atoms with Crippen LogP contribution in [-0.2, 0) is 0 Å². The van der Waals surface area contributed by atoms with E-state index in [0.29, 0.717) is 0 Å². The highest BCUT2D eigenvalue weighted by molar-refractivity contribution is 5.22. The summed E-state index contributed by atoms with van der Waals surface area (Å²) in [5, 5.41) is 3.64. The minimum atomic E-state index is 0.828. The van der Waals surface area contributed by atoms with Gasteiger partial charge < -0.3 is 10.3 Å². The maximum atomic E-state index is 3.64. The summed E-state index contributed by atoms with van der Waals surface area (Å²) in [4.78, 5) is 2.54. The summed E-state index contributed by atoms with van der Waals surface area (Å²) >= 11 is 0. The lowest BCUT2D eigenvalue weighted by molar-refractivity contribution is 0.146. The van der Waals surface area contributed by atoms with Crippen LogP contribution in [0.25, 0.3) is 0 Å². The Morgan fingerprint density at radius 1 is 1.54 bits per heavy atom. The normalized spacial score (nSPS) is 19.2. The molecule has 3 nitrogen and oxygen atoms in total. The lowest BCUT2D eigenvalue weighted by atomic mass is 10.0. The molecule has 1 fully saturated rings. The van der Waals surface area contributed by atoms with E-state index in [1.807, 2.05) is 0 Å². The topological polar surface area (TPSA) is 27.6 Å². The fraction of sp³-hybridized carbons (Fsp3) is 0.900. The number of rotatable bonds is 7. The third kappa shape index (κ3) is 3.77. The minimum absolute atomic E-state index is 0.828. The first-order valence-corrected chi connectivity index (χ1v) is 5.27. The third-order valence-electron chi connectivity index (χ3n) is 2.82. The molecule has 3 heteroatoms. The van der Waals surface area contributed by atoms with Gasteiger partial charge in [-0.2, -0.15) is 5.10 Å². The van der Waals surface area contributed by atoms with Gasteiger partial charge in [0.15, 0.2) is 0 Å². The summed E-state index contributed by atoms with van der Waals surface area (Å²) in [5.41, 5.74) is 2.92. The quantitative estimate of drug-likeness (QED) is 0.366. The zero-order chi connectivity index (χ0) is 9.52. The zero-order valence-electron chi connectivity index (χ0n) is 8.63. The second kappa shape index (κ2) is 5.97.